The minimum Gasteiger partial charge on any atom is -0.493 e. The van der Waals surface area contributed by atoms with Crippen LogP contribution in [0.3, 0.4) is 0 Å². The summed E-state index contributed by atoms with van der Waals surface area (Å²) in [6.07, 6.45) is 0.268. The van der Waals surface area contributed by atoms with E-state index in [4.69, 9.17) is 9.84 Å². The number of nitrogens with zero attached hydrogens (tertiary/aromatic N) is 1. The number of benzene rings is 1. The molecule has 0 heterocycles. The van der Waals surface area contributed by atoms with Crippen molar-refractivity contribution < 1.29 is 19.4 Å². The van der Waals surface area contributed by atoms with E-state index in [0.717, 1.165) is 0 Å². The van der Waals surface area contributed by atoms with E-state index in [1.807, 2.05) is 0 Å². The lowest BCUT2D eigenvalue weighted by molar-refractivity contribution is -0.129. The molecule has 0 aliphatic heterocycles. The lowest BCUT2D eigenvalue weighted by atomic mass is 10.1. The number of ether oxygens (including phenoxy) is 1. The Labute approximate surface area is 106 Å². The van der Waals surface area contributed by atoms with Gasteiger partial charge in [0, 0.05) is 19.7 Å². The summed E-state index contributed by atoms with van der Waals surface area (Å²) in [6, 6.07) is 4.84. The molecule has 0 aromatic heterocycles. The average Bonchev–Trinajstić information content (AvgIpc) is 2.30. The van der Waals surface area contributed by atoms with E-state index in [1.165, 1.54) is 11.0 Å². The number of amides is 1. The van der Waals surface area contributed by atoms with Crippen LogP contribution in [0.1, 0.15) is 22.3 Å². The van der Waals surface area contributed by atoms with Crippen LogP contribution in [0, 0.1) is 6.92 Å². The smallest absolute Gasteiger partial charge is 0.336 e. The van der Waals surface area contributed by atoms with Crippen LogP contribution >= 0.6 is 0 Å². The van der Waals surface area contributed by atoms with Crippen molar-refractivity contribution in [3.8, 4) is 5.75 Å². The maximum atomic E-state index is 11.3. The second-order valence-corrected chi connectivity index (χ2v) is 4.12. The van der Waals surface area contributed by atoms with Gasteiger partial charge < -0.3 is 14.7 Å². The predicted octanol–water partition coefficient (Wildman–Crippen LogP) is 1.55. The molecule has 0 atom stereocenters. The SMILES string of the molecule is Cc1c(OCCC(=O)N(C)C)cccc1C(=O)O. The number of aromatic carboxylic acids is 1. The Kier molecular flexibility index (Phi) is 4.71. The molecule has 1 rings (SSSR count). The maximum Gasteiger partial charge on any atom is 0.336 e. The molecule has 1 amide bonds. The topological polar surface area (TPSA) is 66.8 Å². The van der Waals surface area contributed by atoms with Crippen molar-refractivity contribution in [2.75, 3.05) is 20.7 Å². The van der Waals surface area contributed by atoms with Gasteiger partial charge in [0.05, 0.1) is 18.6 Å². The van der Waals surface area contributed by atoms with Gasteiger partial charge in [0.15, 0.2) is 0 Å². The highest BCUT2D eigenvalue weighted by Crippen LogP contribution is 2.21. The first-order chi connectivity index (χ1) is 8.43. The van der Waals surface area contributed by atoms with Crippen LogP contribution in [0.5, 0.6) is 5.75 Å². The fourth-order valence-corrected chi connectivity index (χ4v) is 1.47. The summed E-state index contributed by atoms with van der Waals surface area (Å²) < 4.78 is 5.44. The lowest BCUT2D eigenvalue weighted by Gasteiger charge is -2.13. The zero-order valence-electron chi connectivity index (χ0n) is 10.8. The Morgan fingerprint density at radius 2 is 2.00 bits per heavy atom. The summed E-state index contributed by atoms with van der Waals surface area (Å²) in [6.45, 7) is 1.92. The second-order valence-electron chi connectivity index (χ2n) is 4.12. The van der Waals surface area contributed by atoms with Crippen LogP contribution in [0.15, 0.2) is 18.2 Å². The molecule has 1 aromatic carbocycles. The van der Waals surface area contributed by atoms with Crippen LogP contribution in [-0.2, 0) is 4.79 Å². The van der Waals surface area contributed by atoms with Gasteiger partial charge in [-0.05, 0) is 19.1 Å². The van der Waals surface area contributed by atoms with Gasteiger partial charge >= 0.3 is 5.97 Å². The molecular weight excluding hydrogens is 234 g/mol. The summed E-state index contributed by atoms with van der Waals surface area (Å²) in [5, 5.41) is 8.96. The Bertz CT molecular complexity index is 454. The molecule has 1 aromatic rings. The molecule has 0 radical (unpaired) electrons. The molecule has 0 unspecified atom stereocenters. The summed E-state index contributed by atoms with van der Waals surface area (Å²) in [5.41, 5.74) is 0.786. The van der Waals surface area contributed by atoms with Gasteiger partial charge in [-0.15, -0.1) is 0 Å². The number of carbonyl (C=O) groups excluding carboxylic acids is 1. The molecule has 0 fully saturated rings. The molecule has 0 spiro atoms. The minimum atomic E-state index is -0.984. The summed E-state index contributed by atoms with van der Waals surface area (Å²) >= 11 is 0. The third-order valence-electron chi connectivity index (χ3n) is 2.59. The number of hydrogen-bond acceptors (Lipinski definition) is 3. The molecule has 98 valence electrons. The highest BCUT2D eigenvalue weighted by Gasteiger charge is 2.11. The van der Waals surface area contributed by atoms with Crippen molar-refractivity contribution in [1.29, 1.82) is 0 Å². The number of rotatable bonds is 5. The summed E-state index contributed by atoms with van der Waals surface area (Å²) in [7, 11) is 3.36. The minimum absolute atomic E-state index is 0.0259. The van der Waals surface area contributed by atoms with Crippen molar-refractivity contribution >= 4 is 11.9 Å². The van der Waals surface area contributed by atoms with Crippen LogP contribution in [0.4, 0.5) is 0 Å². The monoisotopic (exact) mass is 251 g/mol. The highest BCUT2D eigenvalue weighted by atomic mass is 16.5. The summed E-state index contributed by atoms with van der Waals surface area (Å²) in [5.74, 6) is -0.509. The van der Waals surface area contributed by atoms with Gasteiger partial charge in [0.1, 0.15) is 5.75 Å². The van der Waals surface area contributed by atoms with E-state index >= 15 is 0 Å². The largest absolute Gasteiger partial charge is 0.493 e. The van der Waals surface area contributed by atoms with Crippen LogP contribution in [0.2, 0.25) is 0 Å². The van der Waals surface area contributed by atoms with Crippen molar-refractivity contribution in [2.45, 2.75) is 13.3 Å². The zero-order chi connectivity index (χ0) is 13.7. The number of carboxylic acid groups (broad SMARTS) is 1. The lowest BCUT2D eigenvalue weighted by Crippen LogP contribution is -2.23. The van der Waals surface area contributed by atoms with Crippen LogP contribution in [-0.4, -0.2) is 42.6 Å². The number of carbonyl (C=O) groups is 2. The van der Waals surface area contributed by atoms with Crippen molar-refractivity contribution in [3.63, 3.8) is 0 Å². The fourth-order valence-electron chi connectivity index (χ4n) is 1.47. The van der Waals surface area contributed by atoms with Crippen molar-refractivity contribution in [1.82, 2.24) is 4.90 Å². The number of hydrogen-bond donors (Lipinski definition) is 1. The van der Waals surface area contributed by atoms with Gasteiger partial charge in [0.25, 0.3) is 0 Å². The molecule has 0 aliphatic rings. The molecule has 0 saturated carbocycles. The van der Waals surface area contributed by atoms with Gasteiger partial charge in [0.2, 0.25) is 5.91 Å². The maximum absolute atomic E-state index is 11.3. The quantitative estimate of drug-likeness (QED) is 0.862. The van der Waals surface area contributed by atoms with E-state index in [9.17, 15) is 9.59 Å². The van der Waals surface area contributed by atoms with Crippen molar-refractivity contribution in [3.05, 3.63) is 29.3 Å². The van der Waals surface area contributed by atoms with Crippen molar-refractivity contribution in [2.24, 2.45) is 0 Å². The van der Waals surface area contributed by atoms with E-state index < -0.39 is 5.97 Å². The summed E-state index contributed by atoms with van der Waals surface area (Å²) in [4.78, 5) is 23.8. The second kappa shape index (κ2) is 6.05. The zero-order valence-corrected chi connectivity index (χ0v) is 10.8. The van der Waals surface area contributed by atoms with E-state index in [0.29, 0.717) is 11.3 Å². The molecule has 5 nitrogen and oxygen atoms in total. The Balaban J connectivity index is 2.66. The van der Waals surface area contributed by atoms with E-state index in [1.54, 1.807) is 33.2 Å². The van der Waals surface area contributed by atoms with Gasteiger partial charge in [-0.25, -0.2) is 4.79 Å². The third-order valence-corrected chi connectivity index (χ3v) is 2.59. The standard InChI is InChI=1S/C13H17NO4/c1-9-10(13(16)17)5-4-6-11(9)18-8-7-12(15)14(2)3/h4-6H,7-8H2,1-3H3,(H,16,17). The fraction of sp³-hybridized carbons (Fsp3) is 0.385. The van der Waals surface area contributed by atoms with Gasteiger partial charge in [-0.2, -0.15) is 0 Å². The highest BCUT2D eigenvalue weighted by molar-refractivity contribution is 5.90. The van der Waals surface area contributed by atoms with Crippen LogP contribution < -0.4 is 4.74 Å². The third kappa shape index (κ3) is 3.48. The molecule has 0 saturated heterocycles. The molecular formula is C13H17NO4. The Morgan fingerprint density at radius 3 is 2.56 bits per heavy atom. The van der Waals surface area contributed by atoms with E-state index in [-0.39, 0.29) is 24.5 Å². The first-order valence-corrected chi connectivity index (χ1v) is 5.59. The number of carboxylic acids is 1. The first kappa shape index (κ1) is 14.0. The van der Waals surface area contributed by atoms with Gasteiger partial charge in [-0.3, -0.25) is 4.79 Å². The molecule has 0 bridgehead atoms. The van der Waals surface area contributed by atoms with Crippen LogP contribution in [0.25, 0.3) is 0 Å². The molecule has 18 heavy (non-hydrogen) atoms. The van der Waals surface area contributed by atoms with E-state index in [2.05, 4.69) is 0 Å². The molecule has 1 N–H and O–H groups in total. The van der Waals surface area contributed by atoms with Gasteiger partial charge in [-0.1, -0.05) is 6.07 Å². The molecule has 5 heteroatoms. The normalized spacial score (nSPS) is 9.94. The Hall–Kier alpha value is -2.04. The predicted molar refractivity (Wildman–Crippen MR) is 66.9 cm³/mol. The average molecular weight is 251 g/mol. The Morgan fingerprint density at radius 1 is 1.33 bits per heavy atom. The first-order valence-electron chi connectivity index (χ1n) is 5.59. The molecule has 0 aliphatic carbocycles.